The molecule has 0 fully saturated rings. The number of aryl methyl sites for hydroxylation is 1. The minimum absolute atomic E-state index is 0.0900. The van der Waals surface area contributed by atoms with Crippen LogP contribution < -0.4 is 10.6 Å². The van der Waals surface area contributed by atoms with Crippen LogP contribution in [0.4, 0.5) is 10.6 Å². The van der Waals surface area contributed by atoms with Crippen molar-refractivity contribution in [2.24, 2.45) is 0 Å². The molecule has 0 spiro atoms. The molecule has 0 bridgehead atoms. The Balaban J connectivity index is 1.84. The molecule has 2 aromatic rings. The number of nitrogens with one attached hydrogen (secondary N) is 2. The van der Waals surface area contributed by atoms with Gasteiger partial charge in [0, 0.05) is 18.7 Å². The molecule has 20 heavy (non-hydrogen) atoms. The van der Waals surface area contributed by atoms with E-state index < -0.39 is 0 Å². The molecule has 0 saturated carbocycles. The Morgan fingerprint density at radius 1 is 1.50 bits per heavy atom. The average Bonchev–Trinajstić information content (AvgIpc) is 3.02. The second-order valence-corrected chi connectivity index (χ2v) is 5.55. The highest BCUT2D eigenvalue weighted by Gasteiger charge is 2.10. The molecule has 0 radical (unpaired) electrons. The van der Waals surface area contributed by atoms with E-state index in [0.29, 0.717) is 0 Å². The van der Waals surface area contributed by atoms with Crippen LogP contribution in [0.3, 0.4) is 0 Å². The highest BCUT2D eigenvalue weighted by Crippen LogP contribution is 2.09. The second-order valence-electron chi connectivity index (χ2n) is 4.77. The molecule has 5 nitrogen and oxygen atoms in total. The van der Waals surface area contributed by atoms with Crippen molar-refractivity contribution in [3.63, 3.8) is 0 Å². The highest BCUT2D eigenvalue weighted by atomic mass is 32.1. The number of amides is 2. The normalized spacial score (nSPS) is 12.1. The summed E-state index contributed by atoms with van der Waals surface area (Å²) in [5.74, 6) is 0.729. The number of thiophene rings is 1. The summed E-state index contributed by atoms with van der Waals surface area (Å²) >= 11 is 1.67. The van der Waals surface area contributed by atoms with Crippen LogP contribution in [0.15, 0.2) is 29.1 Å². The Hall–Kier alpha value is -1.82. The number of carbonyl (C=O) groups excluding carboxylic acids is 1. The summed E-state index contributed by atoms with van der Waals surface area (Å²) in [4.78, 5) is 11.9. The maximum atomic E-state index is 11.9. The summed E-state index contributed by atoms with van der Waals surface area (Å²) in [6.45, 7) is 4.88. The fourth-order valence-corrected chi connectivity index (χ4v) is 2.70. The maximum Gasteiger partial charge on any atom is 0.320 e. The first-order valence-corrected chi connectivity index (χ1v) is 7.73. The summed E-state index contributed by atoms with van der Waals surface area (Å²) in [5, 5.41) is 14.1. The van der Waals surface area contributed by atoms with Crippen LogP contribution in [0.1, 0.15) is 25.8 Å². The number of carbonyl (C=O) groups is 1. The minimum Gasteiger partial charge on any atom is -0.335 e. The molecule has 1 atom stereocenters. The molecule has 2 heterocycles. The van der Waals surface area contributed by atoms with Gasteiger partial charge in [-0.15, -0.1) is 0 Å². The molecule has 0 unspecified atom stereocenters. The Bertz CT molecular complexity index is 535. The van der Waals surface area contributed by atoms with Crippen LogP contribution in [-0.2, 0) is 13.0 Å². The zero-order chi connectivity index (χ0) is 14.4. The van der Waals surface area contributed by atoms with Gasteiger partial charge in [-0.1, -0.05) is 6.92 Å². The van der Waals surface area contributed by atoms with Gasteiger partial charge in [0.1, 0.15) is 5.82 Å². The fourth-order valence-electron chi connectivity index (χ4n) is 2.02. The van der Waals surface area contributed by atoms with Gasteiger partial charge in [0.05, 0.1) is 6.20 Å². The number of aromatic nitrogens is 2. The topological polar surface area (TPSA) is 59.0 Å². The van der Waals surface area contributed by atoms with E-state index in [1.165, 1.54) is 5.56 Å². The van der Waals surface area contributed by atoms with Gasteiger partial charge in [0.15, 0.2) is 0 Å². The van der Waals surface area contributed by atoms with E-state index in [0.717, 1.165) is 25.2 Å². The largest absolute Gasteiger partial charge is 0.335 e. The predicted octanol–water partition coefficient (Wildman–Crippen LogP) is 3.11. The van der Waals surface area contributed by atoms with E-state index >= 15 is 0 Å². The number of hydrogen-bond acceptors (Lipinski definition) is 3. The molecule has 0 aliphatic rings. The Morgan fingerprint density at radius 3 is 3.05 bits per heavy atom. The third-order valence-corrected chi connectivity index (χ3v) is 3.63. The van der Waals surface area contributed by atoms with Crippen molar-refractivity contribution >= 4 is 23.2 Å². The summed E-state index contributed by atoms with van der Waals surface area (Å²) in [6.07, 6.45) is 3.51. The van der Waals surface area contributed by atoms with Crippen molar-refractivity contribution < 1.29 is 4.79 Å². The lowest BCUT2D eigenvalue weighted by Gasteiger charge is -2.14. The Kier molecular flexibility index (Phi) is 5.17. The summed E-state index contributed by atoms with van der Waals surface area (Å²) in [7, 11) is 0. The van der Waals surface area contributed by atoms with Gasteiger partial charge in [-0.05, 0) is 42.2 Å². The molecule has 0 aromatic carbocycles. The van der Waals surface area contributed by atoms with Crippen molar-refractivity contribution in [1.29, 1.82) is 0 Å². The van der Waals surface area contributed by atoms with Crippen LogP contribution >= 0.6 is 11.3 Å². The van der Waals surface area contributed by atoms with Gasteiger partial charge in [0.25, 0.3) is 0 Å². The summed E-state index contributed by atoms with van der Waals surface area (Å²) < 4.78 is 1.79. The molecule has 2 aromatic heterocycles. The summed E-state index contributed by atoms with van der Waals surface area (Å²) in [5.41, 5.74) is 1.25. The van der Waals surface area contributed by atoms with Crippen LogP contribution in [0.2, 0.25) is 0 Å². The van der Waals surface area contributed by atoms with Gasteiger partial charge in [0.2, 0.25) is 0 Å². The van der Waals surface area contributed by atoms with Crippen molar-refractivity contribution in [2.45, 2.75) is 39.3 Å². The number of rotatable bonds is 6. The van der Waals surface area contributed by atoms with Crippen molar-refractivity contribution in [1.82, 2.24) is 15.1 Å². The van der Waals surface area contributed by atoms with E-state index in [1.54, 1.807) is 28.3 Å². The zero-order valence-corrected chi connectivity index (χ0v) is 12.6. The molecule has 108 valence electrons. The van der Waals surface area contributed by atoms with Crippen LogP contribution in [0.5, 0.6) is 0 Å². The van der Waals surface area contributed by atoms with Crippen LogP contribution in [-0.4, -0.2) is 21.9 Å². The number of nitrogens with zero attached hydrogens (tertiary/aromatic N) is 2. The minimum atomic E-state index is -0.189. The molecular formula is C14H20N4OS. The van der Waals surface area contributed by atoms with E-state index in [9.17, 15) is 4.79 Å². The number of hydrogen-bond donors (Lipinski definition) is 2. The fraction of sp³-hybridized carbons (Fsp3) is 0.429. The quantitative estimate of drug-likeness (QED) is 0.859. The first-order valence-electron chi connectivity index (χ1n) is 6.79. The molecule has 2 amide bonds. The Morgan fingerprint density at radius 2 is 2.35 bits per heavy atom. The van der Waals surface area contributed by atoms with Gasteiger partial charge in [-0.2, -0.15) is 16.4 Å². The van der Waals surface area contributed by atoms with Gasteiger partial charge < -0.3 is 5.32 Å². The Labute approximate surface area is 123 Å². The van der Waals surface area contributed by atoms with Gasteiger partial charge in [-0.3, -0.25) is 5.32 Å². The predicted molar refractivity (Wildman–Crippen MR) is 82.2 cm³/mol. The lowest BCUT2D eigenvalue weighted by atomic mass is 10.1. The second kappa shape index (κ2) is 7.09. The molecular weight excluding hydrogens is 272 g/mol. The summed E-state index contributed by atoms with van der Waals surface area (Å²) in [6, 6.07) is 3.79. The van der Waals surface area contributed by atoms with Crippen LogP contribution in [0.25, 0.3) is 0 Å². The number of anilines is 1. The third-order valence-electron chi connectivity index (χ3n) is 2.89. The molecule has 2 rings (SSSR count). The van der Waals surface area contributed by atoms with Gasteiger partial charge >= 0.3 is 6.03 Å². The van der Waals surface area contributed by atoms with Crippen molar-refractivity contribution in [2.75, 3.05) is 5.32 Å². The first kappa shape index (κ1) is 14.6. The van der Waals surface area contributed by atoms with Gasteiger partial charge in [-0.25, -0.2) is 9.48 Å². The lowest BCUT2D eigenvalue weighted by molar-refractivity contribution is 0.249. The van der Waals surface area contributed by atoms with E-state index in [1.807, 2.05) is 12.3 Å². The van der Waals surface area contributed by atoms with E-state index in [4.69, 9.17) is 0 Å². The highest BCUT2D eigenvalue weighted by molar-refractivity contribution is 7.07. The molecule has 0 saturated heterocycles. The molecule has 0 aliphatic carbocycles. The molecule has 0 aliphatic heterocycles. The molecule has 2 N–H and O–H groups in total. The molecule has 6 heteroatoms. The SMILES string of the molecule is CCCn1nccc1NC(=O)N[C@@H](C)Cc1ccsc1. The maximum absolute atomic E-state index is 11.9. The first-order chi connectivity index (χ1) is 9.69. The standard InChI is InChI=1S/C14H20N4OS/c1-3-7-18-13(4-6-15-18)17-14(19)16-11(2)9-12-5-8-20-10-12/h4-6,8,10-11H,3,7,9H2,1-2H3,(H2,16,17,19)/t11-/m0/s1. The average molecular weight is 292 g/mol. The van der Waals surface area contributed by atoms with E-state index in [-0.39, 0.29) is 12.1 Å². The van der Waals surface area contributed by atoms with Crippen molar-refractivity contribution in [3.8, 4) is 0 Å². The van der Waals surface area contributed by atoms with Crippen molar-refractivity contribution in [3.05, 3.63) is 34.7 Å². The smallest absolute Gasteiger partial charge is 0.320 e. The zero-order valence-electron chi connectivity index (χ0n) is 11.8. The third kappa shape index (κ3) is 4.09. The van der Waals surface area contributed by atoms with Crippen LogP contribution in [0, 0.1) is 0 Å². The lowest BCUT2D eigenvalue weighted by Crippen LogP contribution is -2.37. The van der Waals surface area contributed by atoms with E-state index in [2.05, 4.69) is 34.1 Å². The number of urea groups is 1. The monoisotopic (exact) mass is 292 g/mol.